The van der Waals surface area contributed by atoms with Crippen LogP contribution in [0.4, 0.5) is 0 Å². The SMILES string of the molecule is CCC(C)C(NC(=O)CCCOc1ccccc1OC)C(=O)O. The molecule has 0 aliphatic carbocycles. The molecule has 0 bridgehead atoms. The number of carbonyl (C=O) groups is 2. The van der Waals surface area contributed by atoms with E-state index in [0.717, 1.165) is 0 Å². The summed E-state index contributed by atoms with van der Waals surface area (Å²) in [5.41, 5.74) is 0. The van der Waals surface area contributed by atoms with Crippen molar-refractivity contribution in [3.63, 3.8) is 0 Å². The number of methoxy groups -OCH3 is 1. The number of hydrogen-bond acceptors (Lipinski definition) is 4. The molecule has 0 saturated heterocycles. The van der Waals surface area contributed by atoms with E-state index in [2.05, 4.69) is 5.32 Å². The predicted molar refractivity (Wildman–Crippen MR) is 86.7 cm³/mol. The number of rotatable bonds is 10. The van der Waals surface area contributed by atoms with Crippen LogP contribution in [0.3, 0.4) is 0 Å². The normalized spacial score (nSPS) is 13.0. The van der Waals surface area contributed by atoms with E-state index < -0.39 is 12.0 Å². The molecule has 0 spiro atoms. The van der Waals surface area contributed by atoms with Crippen molar-refractivity contribution < 1.29 is 24.2 Å². The van der Waals surface area contributed by atoms with Crippen LogP contribution in [0.2, 0.25) is 0 Å². The largest absolute Gasteiger partial charge is 0.493 e. The van der Waals surface area contributed by atoms with E-state index in [0.29, 0.717) is 30.9 Å². The molecule has 2 unspecified atom stereocenters. The highest BCUT2D eigenvalue weighted by Gasteiger charge is 2.24. The smallest absolute Gasteiger partial charge is 0.326 e. The molecule has 0 aliphatic rings. The zero-order valence-electron chi connectivity index (χ0n) is 13.9. The van der Waals surface area contributed by atoms with Gasteiger partial charge in [-0.3, -0.25) is 4.79 Å². The second kappa shape index (κ2) is 9.71. The van der Waals surface area contributed by atoms with Gasteiger partial charge in [-0.2, -0.15) is 0 Å². The lowest BCUT2D eigenvalue weighted by Gasteiger charge is -2.20. The van der Waals surface area contributed by atoms with Gasteiger partial charge in [0.05, 0.1) is 13.7 Å². The van der Waals surface area contributed by atoms with Crippen molar-refractivity contribution in [3.8, 4) is 11.5 Å². The quantitative estimate of drug-likeness (QED) is 0.646. The highest BCUT2D eigenvalue weighted by Crippen LogP contribution is 2.25. The van der Waals surface area contributed by atoms with Crippen molar-refractivity contribution in [2.45, 2.75) is 39.2 Å². The Labute approximate surface area is 136 Å². The summed E-state index contributed by atoms with van der Waals surface area (Å²) in [6.07, 6.45) is 1.40. The van der Waals surface area contributed by atoms with Crippen LogP contribution in [-0.4, -0.2) is 36.7 Å². The van der Waals surface area contributed by atoms with Gasteiger partial charge >= 0.3 is 5.97 Å². The fourth-order valence-electron chi connectivity index (χ4n) is 2.08. The summed E-state index contributed by atoms with van der Waals surface area (Å²) in [5, 5.41) is 11.7. The van der Waals surface area contributed by atoms with Crippen LogP contribution in [0.15, 0.2) is 24.3 Å². The van der Waals surface area contributed by atoms with Gasteiger partial charge in [0.25, 0.3) is 0 Å². The lowest BCUT2D eigenvalue weighted by atomic mass is 9.99. The Morgan fingerprint density at radius 2 is 1.91 bits per heavy atom. The molecule has 0 heterocycles. The van der Waals surface area contributed by atoms with E-state index in [-0.39, 0.29) is 18.2 Å². The van der Waals surface area contributed by atoms with E-state index in [9.17, 15) is 9.59 Å². The van der Waals surface area contributed by atoms with Crippen LogP contribution in [0.5, 0.6) is 11.5 Å². The zero-order chi connectivity index (χ0) is 17.2. The minimum Gasteiger partial charge on any atom is -0.493 e. The van der Waals surface area contributed by atoms with Crippen LogP contribution in [0.1, 0.15) is 33.1 Å². The summed E-state index contributed by atoms with van der Waals surface area (Å²) in [6, 6.07) is 6.44. The number of ether oxygens (including phenoxy) is 2. The van der Waals surface area contributed by atoms with Gasteiger partial charge in [0.15, 0.2) is 11.5 Å². The number of carbonyl (C=O) groups excluding carboxylic acids is 1. The van der Waals surface area contributed by atoms with Crippen LogP contribution in [0.25, 0.3) is 0 Å². The average molecular weight is 323 g/mol. The molecule has 1 aromatic carbocycles. The average Bonchev–Trinajstić information content (AvgIpc) is 2.55. The summed E-state index contributed by atoms with van der Waals surface area (Å²) >= 11 is 0. The minimum atomic E-state index is -1.00. The van der Waals surface area contributed by atoms with Crippen LogP contribution >= 0.6 is 0 Å². The number of amides is 1. The number of aliphatic carboxylic acids is 1. The molecule has 1 aromatic rings. The highest BCUT2D eigenvalue weighted by atomic mass is 16.5. The van der Waals surface area contributed by atoms with Crippen molar-refractivity contribution >= 4 is 11.9 Å². The molecule has 23 heavy (non-hydrogen) atoms. The van der Waals surface area contributed by atoms with Gasteiger partial charge in [0.2, 0.25) is 5.91 Å². The molecule has 2 N–H and O–H groups in total. The van der Waals surface area contributed by atoms with E-state index in [1.54, 1.807) is 19.2 Å². The van der Waals surface area contributed by atoms with Crippen LogP contribution < -0.4 is 14.8 Å². The van der Waals surface area contributed by atoms with Crippen LogP contribution in [0, 0.1) is 5.92 Å². The van der Waals surface area contributed by atoms with E-state index in [4.69, 9.17) is 14.6 Å². The summed E-state index contributed by atoms with van der Waals surface area (Å²) in [6.45, 7) is 4.06. The van der Waals surface area contributed by atoms with Gasteiger partial charge in [-0.15, -0.1) is 0 Å². The van der Waals surface area contributed by atoms with E-state index in [1.807, 2.05) is 26.0 Å². The Morgan fingerprint density at radius 3 is 2.48 bits per heavy atom. The number of benzene rings is 1. The molecule has 6 nitrogen and oxygen atoms in total. The van der Waals surface area contributed by atoms with Gasteiger partial charge in [-0.25, -0.2) is 4.79 Å². The van der Waals surface area contributed by atoms with Crippen molar-refractivity contribution in [2.75, 3.05) is 13.7 Å². The molecule has 128 valence electrons. The first kappa shape index (κ1) is 18.8. The standard InChI is InChI=1S/C17H25NO5/c1-4-12(2)16(17(20)21)18-15(19)10-7-11-23-14-9-6-5-8-13(14)22-3/h5-6,8-9,12,16H,4,7,10-11H2,1-3H3,(H,18,19)(H,20,21). The van der Waals surface area contributed by atoms with Gasteiger partial charge in [0, 0.05) is 6.42 Å². The monoisotopic (exact) mass is 323 g/mol. The second-order valence-corrected chi connectivity index (χ2v) is 5.37. The summed E-state index contributed by atoms with van der Waals surface area (Å²) in [5.74, 6) is -0.126. The van der Waals surface area contributed by atoms with Crippen molar-refractivity contribution in [3.05, 3.63) is 24.3 Å². The molecular weight excluding hydrogens is 298 g/mol. The van der Waals surface area contributed by atoms with Gasteiger partial charge in [-0.1, -0.05) is 32.4 Å². The Morgan fingerprint density at radius 1 is 1.26 bits per heavy atom. The first-order valence-electron chi connectivity index (χ1n) is 7.77. The zero-order valence-corrected chi connectivity index (χ0v) is 13.9. The predicted octanol–water partition coefficient (Wildman–Crippen LogP) is 2.47. The molecule has 0 saturated carbocycles. The van der Waals surface area contributed by atoms with Gasteiger partial charge < -0.3 is 19.9 Å². The molecule has 1 amide bonds. The first-order valence-corrected chi connectivity index (χ1v) is 7.77. The van der Waals surface area contributed by atoms with E-state index in [1.165, 1.54) is 0 Å². The molecule has 0 aromatic heterocycles. The second-order valence-electron chi connectivity index (χ2n) is 5.37. The maximum Gasteiger partial charge on any atom is 0.326 e. The Hall–Kier alpha value is -2.24. The summed E-state index contributed by atoms with van der Waals surface area (Å²) in [7, 11) is 1.57. The van der Waals surface area contributed by atoms with Gasteiger partial charge in [0.1, 0.15) is 6.04 Å². The molecule has 0 aliphatic heterocycles. The van der Waals surface area contributed by atoms with Gasteiger partial charge in [-0.05, 0) is 24.5 Å². The van der Waals surface area contributed by atoms with Crippen molar-refractivity contribution in [1.29, 1.82) is 0 Å². The third-order valence-corrected chi connectivity index (χ3v) is 3.67. The lowest BCUT2D eigenvalue weighted by Crippen LogP contribution is -2.45. The third-order valence-electron chi connectivity index (χ3n) is 3.67. The molecule has 2 atom stereocenters. The fourth-order valence-corrected chi connectivity index (χ4v) is 2.08. The highest BCUT2D eigenvalue weighted by molar-refractivity contribution is 5.83. The number of carboxylic acids is 1. The van der Waals surface area contributed by atoms with Crippen molar-refractivity contribution in [1.82, 2.24) is 5.32 Å². The molecule has 6 heteroatoms. The molecule has 0 fully saturated rings. The molecular formula is C17H25NO5. The summed E-state index contributed by atoms with van der Waals surface area (Å²) in [4.78, 5) is 23.0. The van der Waals surface area contributed by atoms with Crippen LogP contribution in [-0.2, 0) is 9.59 Å². The minimum absolute atomic E-state index is 0.110. The Balaban J connectivity index is 2.37. The number of hydrogen-bond donors (Lipinski definition) is 2. The lowest BCUT2D eigenvalue weighted by molar-refractivity contribution is -0.143. The maximum atomic E-state index is 11.9. The summed E-state index contributed by atoms with van der Waals surface area (Å²) < 4.78 is 10.7. The maximum absolute atomic E-state index is 11.9. The Bertz CT molecular complexity index is 517. The third kappa shape index (κ3) is 6.18. The van der Waals surface area contributed by atoms with Crippen molar-refractivity contribution in [2.24, 2.45) is 5.92 Å². The van der Waals surface area contributed by atoms with E-state index >= 15 is 0 Å². The number of para-hydroxylation sites is 2. The number of carboxylic acid groups (broad SMARTS) is 1. The number of nitrogens with one attached hydrogen (secondary N) is 1. The molecule has 0 radical (unpaired) electrons. The molecule has 1 rings (SSSR count). The topological polar surface area (TPSA) is 84.9 Å². The first-order chi connectivity index (χ1) is 11.0. The fraction of sp³-hybridized carbons (Fsp3) is 0.529. The Kier molecular flexibility index (Phi) is 7.94.